The molecule has 0 spiro atoms. The first-order valence-corrected chi connectivity index (χ1v) is 8.42. The lowest BCUT2D eigenvalue weighted by Gasteiger charge is -2.25. The van der Waals surface area contributed by atoms with Gasteiger partial charge in [0.15, 0.2) is 5.75 Å². The molecule has 152 valence electrons. The Morgan fingerprint density at radius 3 is 1.71 bits per heavy atom. The zero-order valence-electron chi connectivity index (χ0n) is 16.5. The van der Waals surface area contributed by atoms with Crippen molar-refractivity contribution in [2.24, 2.45) is 0 Å². The van der Waals surface area contributed by atoms with Crippen molar-refractivity contribution in [2.75, 3.05) is 0 Å². The van der Waals surface area contributed by atoms with Crippen LogP contribution in [0.4, 0.5) is 0 Å². The number of aromatic carboxylic acids is 3. The highest BCUT2D eigenvalue weighted by Gasteiger charge is 2.32. The van der Waals surface area contributed by atoms with Crippen molar-refractivity contribution in [3.05, 3.63) is 29.0 Å². The van der Waals surface area contributed by atoms with Crippen LogP contribution in [0, 0.1) is 0 Å². The molecule has 9 nitrogen and oxygen atoms in total. The third-order valence-corrected chi connectivity index (χ3v) is 3.47. The maximum atomic E-state index is 11.9. The predicted octanol–water partition coefficient (Wildman–Crippen LogP) is 3.39. The lowest BCUT2D eigenvalue weighted by atomic mass is 10.0. The zero-order valence-corrected chi connectivity index (χ0v) is 16.5. The van der Waals surface area contributed by atoms with Crippen molar-refractivity contribution in [2.45, 2.75) is 52.7 Å². The fourth-order valence-corrected chi connectivity index (χ4v) is 2.65. The lowest BCUT2D eigenvalue weighted by Crippen LogP contribution is -2.26. The van der Waals surface area contributed by atoms with Crippen LogP contribution in [-0.2, 0) is 0 Å². The third-order valence-electron chi connectivity index (χ3n) is 3.47. The smallest absolute Gasteiger partial charge is 0.338 e. The number of hydrogen-bond acceptors (Lipinski definition) is 5. The molecule has 0 aliphatic heterocycles. The van der Waals surface area contributed by atoms with E-state index in [1.54, 1.807) is 41.5 Å². The maximum Gasteiger partial charge on any atom is 0.338 e. The highest BCUT2D eigenvalue weighted by molar-refractivity contribution is 6.12. The Bertz CT molecular complexity index is 973. The molecule has 0 saturated carbocycles. The van der Waals surface area contributed by atoms with Crippen molar-refractivity contribution in [3.8, 4) is 11.6 Å². The standard InChI is InChI=1S/C19H23NO8/c1-18(2,3)27-11-7-10-13(17(25)26)12(16(23)24)9(15(21)22)8-20(10)14(11)28-19(4,5)6/h7-8H,1-6H3,(H,21,22)(H,23,24)(H,25,26). The number of hydrogen-bond donors (Lipinski definition) is 3. The number of nitrogens with zero attached hydrogens (tertiary/aromatic N) is 1. The van der Waals surface area contributed by atoms with Crippen LogP contribution >= 0.6 is 0 Å². The molecule has 2 rings (SSSR count). The van der Waals surface area contributed by atoms with E-state index in [0.29, 0.717) is 0 Å². The summed E-state index contributed by atoms with van der Waals surface area (Å²) in [5.41, 5.74) is -3.58. The SMILES string of the molecule is CC(C)(C)Oc1cc2c(C(=O)O)c(C(=O)O)c(C(=O)O)cn2c1OC(C)(C)C. The summed E-state index contributed by atoms with van der Waals surface area (Å²) in [6.45, 7) is 10.6. The molecule has 0 amide bonds. The molecular formula is C19H23NO8. The minimum atomic E-state index is -1.66. The first kappa shape index (κ1) is 21.1. The number of fused-ring (bicyclic) bond motifs is 1. The fraction of sp³-hybridized carbons (Fsp3) is 0.421. The van der Waals surface area contributed by atoms with Gasteiger partial charge in [0.05, 0.1) is 22.2 Å². The summed E-state index contributed by atoms with van der Waals surface area (Å²) in [6.07, 6.45) is 1.03. The summed E-state index contributed by atoms with van der Waals surface area (Å²) in [4.78, 5) is 35.1. The van der Waals surface area contributed by atoms with E-state index in [2.05, 4.69) is 0 Å². The molecular weight excluding hydrogens is 370 g/mol. The van der Waals surface area contributed by atoms with Gasteiger partial charge < -0.3 is 24.8 Å². The maximum absolute atomic E-state index is 11.9. The van der Waals surface area contributed by atoms with Crippen LogP contribution in [0.2, 0.25) is 0 Å². The van der Waals surface area contributed by atoms with Crippen molar-refractivity contribution in [3.63, 3.8) is 0 Å². The van der Waals surface area contributed by atoms with Gasteiger partial charge in [-0.05, 0) is 41.5 Å². The Labute approximate surface area is 161 Å². The van der Waals surface area contributed by atoms with Crippen LogP contribution < -0.4 is 9.47 Å². The van der Waals surface area contributed by atoms with Crippen LogP contribution in [0.5, 0.6) is 11.6 Å². The number of pyridine rings is 1. The van der Waals surface area contributed by atoms with E-state index in [4.69, 9.17) is 9.47 Å². The highest BCUT2D eigenvalue weighted by atomic mass is 16.5. The molecule has 0 aliphatic rings. The Morgan fingerprint density at radius 2 is 1.32 bits per heavy atom. The summed E-state index contributed by atoms with van der Waals surface area (Å²) in [5.74, 6) is -4.55. The van der Waals surface area contributed by atoms with E-state index in [9.17, 15) is 29.7 Å². The summed E-state index contributed by atoms with van der Waals surface area (Å²) >= 11 is 0. The topological polar surface area (TPSA) is 135 Å². The molecule has 2 aromatic heterocycles. The highest BCUT2D eigenvalue weighted by Crippen LogP contribution is 2.39. The van der Waals surface area contributed by atoms with Crippen LogP contribution in [0.25, 0.3) is 5.52 Å². The average Bonchev–Trinajstić information content (AvgIpc) is 2.78. The van der Waals surface area contributed by atoms with E-state index in [1.165, 1.54) is 10.5 Å². The second-order valence-electron chi connectivity index (χ2n) is 8.21. The zero-order chi connectivity index (χ0) is 21.6. The van der Waals surface area contributed by atoms with Gasteiger partial charge in [-0.25, -0.2) is 14.4 Å². The number of ether oxygens (including phenoxy) is 2. The molecule has 2 heterocycles. The summed E-state index contributed by atoms with van der Waals surface area (Å²) < 4.78 is 13.0. The molecule has 0 unspecified atom stereocenters. The number of rotatable bonds is 5. The lowest BCUT2D eigenvalue weighted by molar-refractivity contribution is 0.0633. The van der Waals surface area contributed by atoms with E-state index in [-0.39, 0.29) is 17.1 Å². The molecule has 28 heavy (non-hydrogen) atoms. The molecule has 0 aliphatic carbocycles. The molecule has 0 atom stereocenters. The quantitative estimate of drug-likeness (QED) is 0.703. The van der Waals surface area contributed by atoms with E-state index in [0.717, 1.165) is 6.20 Å². The molecule has 0 saturated heterocycles. The number of aromatic nitrogens is 1. The fourth-order valence-electron chi connectivity index (χ4n) is 2.65. The third kappa shape index (κ3) is 4.19. The predicted molar refractivity (Wildman–Crippen MR) is 99.0 cm³/mol. The first-order valence-electron chi connectivity index (χ1n) is 8.42. The Balaban J connectivity index is 3.02. The number of carboxylic acid groups (broad SMARTS) is 3. The van der Waals surface area contributed by atoms with E-state index >= 15 is 0 Å². The minimum Gasteiger partial charge on any atom is -0.482 e. The van der Waals surface area contributed by atoms with Crippen molar-refractivity contribution in [1.29, 1.82) is 0 Å². The number of carboxylic acids is 3. The second-order valence-corrected chi connectivity index (χ2v) is 8.21. The van der Waals surface area contributed by atoms with E-state index in [1.807, 2.05) is 0 Å². The van der Waals surface area contributed by atoms with Gasteiger partial charge in [-0.3, -0.25) is 4.40 Å². The largest absolute Gasteiger partial charge is 0.482 e. The normalized spacial score (nSPS) is 12.1. The Kier molecular flexibility index (Phi) is 5.07. The van der Waals surface area contributed by atoms with Crippen LogP contribution in [0.1, 0.15) is 72.6 Å². The summed E-state index contributed by atoms with van der Waals surface area (Å²) in [6, 6.07) is 1.34. The van der Waals surface area contributed by atoms with Gasteiger partial charge in [0.2, 0.25) is 5.88 Å². The van der Waals surface area contributed by atoms with Crippen molar-refractivity contribution in [1.82, 2.24) is 4.40 Å². The van der Waals surface area contributed by atoms with Gasteiger partial charge in [-0.2, -0.15) is 0 Å². The minimum absolute atomic E-state index is 0.0478. The average molecular weight is 393 g/mol. The second kappa shape index (κ2) is 6.74. The summed E-state index contributed by atoms with van der Waals surface area (Å²) in [7, 11) is 0. The first-order chi connectivity index (χ1) is 12.6. The molecule has 3 N–H and O–H groups in total. The number of carbonyl (C=O) groups is 3. The molecule has 0 bridgehead atoms. The monoisotopic (exact) mass is 393 g/mol. The van der Waals surface area contributed by atoms with Gasteiger partial charge in [0, 0.05) is 12.3 Å². The molecule has 2 aromatic rings. The Hall–Kier alpha value is -3.23. The molecule has 0 radical (unpaired) electrons. The van der Waals surface area contributed by atoms with Gasteiger partial charge in [0.1, 0.15) is 11.2 Å². The van der Waals surface area contributed by atoms with Gasteiger partial charge >= 0.3 is 17.9 Å². The Morgan fingerprint density at radius 1 is 0.821 bits per heavy atom. The van der Waals surface area contributed by atoms with Crippen LogP contribution in [0.3, 0.4) is 0 Å². The van der Waals surface area contributed by atoms with Crippen LogP contribution in [-0.4, -0.2) is 48.8 Å². The molecule has 0 aromatic carbocycles. The van der Waals surface area contributed by atoms with Crippen molar-refractivity contribution >= 4 is 23.4 Å². The van der Waals surface area contributed by atoms with Crippen molar-refractivity contribution < 1.29 is 39.2 Å². The van der Waals surface area contributed by atoms with Crippen LogP contribution in [0.15, 0.2) is 12.3 Å². The van der Waals surface area contributed by atoms with Gasteiger partial charge in [-0.15, -0.1) is 0 Å². The van der Waals surface area contributed by atoms with Gasteiger partial charge in [0.25, 0.3) is 0 Å². The van der Waals surface area contributed by atoms with Gasteiger partial charge in [-0.1, -0.05) is 0 Å². The van der Waals surface area contributed by atoms with E-state index < -0.39 is 45.8 Å². The molecule has 0 fully saturated rings. The molecule has 9 heteroatoms. The summed E-state index contributed by atoms with van der Waals surface area (Å²) in [5, 5.41) is 28.5.